The van der Waals surface area contributed by atoms with Crippen LogP contribution in [-0.2, 0) is 0 Å². The Labute approximate surface area is 290 Å². The van der Waals surface area contributed by atoms with Crippen LogP contribution in [0, 0.1) is 0 Å². The van der Waals surface area contributed by atoms with Crippen LogP contribution in [0.5, 0.6) is 0 Å². The van der Waals surface area contributed by atoms with E-state index in [1.54, 1.807) is 0 Å². The summed E-state index contributed by atoms with van der Waals surface area (Å²) in [7, 11) is -2.08. The molecule has 0 atom stereocenters. The third-order valence-corrected chi connectivity index (χ3v) is 13.9. The molecule has 50 heavy (non-hydrogen) atoms. The van der Waals surface area contributed by atoms with Crippen molar-refractivity contribution in [3.63, 3.8) is 0 Å². The predicted octanol–water partition coefficient (Wildman–Crippen LogP) is 10.4. The van der Waals surface area contributed by atoms with Crippen LogP contribution in [0.2, 0.25) is 13.1 Å². The van der Waals surface area contributed by atoms with E-state index in [2.05, 4.69) is 153 Å². The lowest BCUT2D eigenvalue weighted by Gasteiger charge is -2.19. The van der Waals surface area contributed by atoms with Gasteiger partial charge in [0.15, 0.2) is 17.5 Å². The molecule has 2 aromatic heterocycles. The number of rotatable bonds is 4. The molecule has 9 aromatic rings. The van der Waals surface area contributed by atoms with E-state index in [4.69, 9.17) is 19.4 Å². The second-order valence-corrected chi connectivity index (χ2v) is 17.9. The second-order valence-electron chi connectivity index (χ2n) is 13.6. The molecule has 0 aliphatic carbocycles. The van der Waals surface area contributed by atoms with Gasteiger partial charge in [-0.25, -0.2) is 15.0 Å². The Morgan fingerprint density at radius 1 is 0.460 bits per heavy atom. The minimum atomic E-state index is -2.08. The van der Waals surface area contributed by atoms with Gasteiger partial charge in [-0.2, -0.15) is 0 Å². The number of hydrogen-bond donors (Lipinski definition) is 0. The molecule has 1 aliphatic heterocycles. The van der Waals surface area contributed by atoms with Gasteiger partial charge in [-0.1, -0.05) is 147 Å². The topological polar surface area (TPSA) is 51.8 Å². The zero-order chi connectivity index (χ0) is 33.4. The van der Waals surface area contributed by atoms with E-state index in [1.165, 1.54) is 21.5 Å². The number of fused-ring (bicyclic) bond motifs is 8. The molecule has 3 heterocycles. The molecule has 0 unspecified atom stereocenters. The highest BCUT2D eigenvalue weighted by Crippen LogP contribution is 2.43. The van der Waals surface area contributed by atoms with E-state index in [0.717, 1.165) is 60.5 Å². The van der Waals surface area contributed by atoms with Gasteiger partial charge in [0.1, 0.15) is 19.2 Å². The van der Waals surface area contributed by atoms with Crippen molar-refractivity contribution in [2.45, 2.75) is 13.1 Å². The van der Waals surface area contributed by atoms with E-state index in [0.29, 0.717) is 17.5 Å². The summed E-state index contributed by atoms with van der Waals surface area (Å²) < 4.78 is 6.81. The SMILES string of the molecule is C[Si]1(C)c2ccccc2-c2c1cc(-c1nc(-c3cccc(-c4ccccc4)c3)nc(-c3cccc4ccccc34)n1)c1c2oc2ccccc21. The van der Waals surface area contributed by atoms with Crippen LogP contribution in [0.25, 0.3) is 89.1 Å². The highest BCUT2D eigenvalue weighted by atomic mass is 28.3. The zero-order valence-electron chi connectivity index (χ0n) is 27.7. The lowest BCUT2D eigenvalue weighted by atomic mass is 9.98. The fraction of sp³-hybridized carbons (Fsp3) is 0.0444. The summed E-state index contributed by atoms with van der Waals surface area (Å²) in [6.07, 6.45) is 0. The molecule has 0 saturated heterocycles. The molecule has 0 spiro atoms. The summed E-state index contributed by atoms with van der Waals surface area (Å²) in [5.41, 5.74) is 9.41. The molecular formula is C45H31N3OSi. The van der Waals surface area contributed by atoms with Gasteiger partial charge in [-0.15, -0.1) is 0 Å². The number of hydrogen-bond acceptors (Lipinski definition) is 4. The quantitative estimate of drug-likeness (QED) is 0.177. The number of nitrogens with zero attached hydrogens (tertiary/aromatic N) is 3. The molecule has 4 nitrogen and oxygen atoms in total. The number of furan rings is 1. The number of aromatic nitrogens is 3. The lowest BCUT2D eigenvalue weighted by molar-refractivity contribution is 0.670. The van der Waals surface area contributed by atoms with Crippen LogP contribution >= 0.6 is 0 Å². The van der Waals surface area contributed by atoms with Crippen molar-refractivity contribution in [2.75, 3.05) is 0 Å². The van der Waals surface area contributed by atoms with Gasteiger partial charge in [0.05, 0.1) is 0 Å². The van der Waals surface area contributed by atoms with Crippen LogP contribution in [0.4, 0.5) is 0 Å². The molecule has 10 rings (SSSR count). The first-order valence-electron chi connectivity index (χ1n) is 17.0. The maximum atomic E-state index is 6.81. The summed E-state index contributed by atoms with van der Waals surface area (Å²) >= 11 is 0. The summed E-state index contributed by atoms with van der Waals surface area (Å²) in [5, 5.41) is 7.13. The molecule has 7 aromatic carbocycles. The first-order chi connectivity index (χ1) is 24.5. The van der Waals surface area contributed by atoms with Gasteiger partial charge in [0.2, 0.25) is 0 Å². The van der Waals surface area contributed by atoms with Crippen molar-refractivity contribution in [1.29, 1.82) is 0 Å². The normalized spacial score (nSPS) is 13.2. The average Bonchev–Trinajstić information content (AvgIpc) is 3.67. The van der Waals surface area contributed by atoms with E-state index in [9.17, 15) is 0 Å². The number of para-hydroxylation sites is 1. The van der Waals surface area contributed by atoms with Crippen LogP contribution in [0.1, 0.15) is 0 Å². The first kappa shape index (κ1) is 28.8. The largest absolute Gasteiger partial charge is 0.455 e. The maximum absolute atomic E-state index is 6.81. The molecule has 0 fully saturated rings. The van der Waals surface area contributed by atoms with Crippen LogP contribution in [0.15, 0.2) is 156 Å². The molecule has 5 heteroatoms. The maximum Gasteiger partial charge on any atom is 0.164 e. The Balaban J connectivity index is 1.30. The standard InChI is InChI=1S/C45H31N3OSi/c1-50(2)38-25-11-9-22-35(38)41-39(50)27-36(40-34-21-8-10-24-37(34)49-42(40)41)45-47-43(31-19-12-18-30(26-31)28-14-4-3-5-15-28)46-44(48-45)33-23-13-17-29-16-6-7-20-32(29)33/h3-27H,1-2H3. The molecule has 0 bridgehead atoms. The zero-order valence-corrected chi connectivity index (χ0v) is 28.7. The van der Waals surface area contributed by atoms with Crippen molar-refractivity contribution in [2.24, 2.45) is 0 Å². The second kappa shape index (κ2) is 10.9. The molecule has 0 amide bonds. The van der Waals surface area contributed by atoms with Crippen molar-refractivity contribution < 1.29 is 4.42 Å². The minimum Gasteiger partial charge on any atom is -0.455 e. The first-order valence-corrected chi connectivity index (χ1v) is 20.0. The van der Waals surface area contributed by atoms with E-state index < -0.39 is 8.07 Å². The Morgan fingerprint density at radius 3 is 1.96 bits per heavy atom. The average molecular weight is 658 g/mol. The van der Waals surface area contributed by atoms with Crippen LogP contribution in [-0.4, -0.2) is 23.0 Å². The third kappa shape index (κ3) is 4.33. The molecule has 0 N–H and O–H groups in total. The molecular weight excluding hydrogens is 627 g/mol. The minimum absolute atomic E-state index is 0.636. The fourth-order valence-electron chi connectivity index (χ4n) is 7.86. The van der Waals surface area contributed by atoms with Gasteiger partial charge in [-0.05, 0) is 56.0 Å². The fourth-order valence-corrected chi connectivity index (χ4v) is 10.9. The predicted molar refractivity (Wildman–Crippen MR) is 209 cm³/mol. The smallest absolute Gasteiger partial charge is 0.164 e. The molecule has 0 radical (unpaired) electrons. The van der Waals surface area contributed by atoms with Crippen molar-refractivity contribution in [3.8, 4) is 56.4 Å². The Bertz CT molecular complexity index is 2800. The highest BCUT2D eigenvalue weighted by Gasteiger charge is 2.40. The van der Waals surface area contributed by atoms with E-state index >= 15 is 0 Å². The summed E-state index contributed by atoms with van der Waals surface area (Å²) in [5.74, 6) is 1.92. The van der Waals surface area contributed by atoms with Gasteiger partial charge >= 0.3 is 0 Å². The van der Waals surface area contributed by atoms with Gasteiger partial charge in [-0.3, -0.25) is 0 Å². The monoisotopic (exact) mass is 657 g/mol. The molecule has 1 aliphatic rings. The van der Waals surface area contributed by atoms with Crippen molar-refractivity contribution >= 4 is 51.2 Å². The lowest BCUT2D eigenvalue weighted by Crippen LogP contribution is -2.49. The van der Waals surface area contributed by atoms with Crippen LogP contribution < -0.4 is 10.4 Å². The van der Waals surface area contributed by atoms with Crippen LogP contribution in [0.3, 0.4) is 0 Å². The van der Waals surface area contributed by atoms with Crippen molar-refractivity contribution in [1.82, 2.24) is 15.0 Å². The third-order valence-electron chi connectivity index (χ3n) is 10.3. The van der Waals surface area contributed by atoms with Gasteiger partial charge in [0.25, 0.3) is 0 Å². The van der Waals surface area contributed by atoms with E-state index in [-0.39, 0.29) is 0 Å². The van der Waals surface area contributed by atoms with Gasteiger partial charge < -0.3 is 4.42 Å². The van der Waals surface area contributed by atoms with E-state index in [1.807, 2.05) is 12.1 Å². The number of benzene rings is 7. The summed E-state index contributed by atoms with van der Waals surface area (Å²) in [6, 6.07) is 53.3. The molecule has 0 saturated carbocycles. The van der Waals surface area contributed by atoms with Gasteiger partial charge in [0, 0.05) is 33.0 Å². The highest BCUT2D eigenvalue weighted by molar-refractivity contribution is 7.04. The summed E-state index contributed by atoms with van der Waals surface area (Å²) in [6.45, 7) is 4.87. The summed E-state index contributed by atoms with van der Waals surface area (Å²) in [4.78, 5) is 15.9. The Hall–Kier alpha value is -6.17. The Kier molecular flexibility index (Phi) is 6.29. The Morgan fingerprint density at radius 2 is 1.08 bits per heavy atom. The van der Waals surface area contributed by atoms with Crippen molar-refractivity contribution in [3.05, 3.63) is 152 Å². The molecule has 236 valence electrons.